The summed E-state index contributed by atoms with van der Waals surface area (Å²) in [5, 5.41) is 11.7. The number of nitriles is 1. The minimum Gasteiger partial charge on any atom is -0.463 e. The molecule has 0 bridgehead atoms. The maximum atomic E-state index is 13.2. The first-order valence-corrected chi connectivity index (χ1v) is 11.5. The van der Waals surface area contributed by atoms with Crippen LogP contribution in [0.15, 0.2) is 60.7 Å². The number of benzene rings is 1. The summed E-state index contributed by atoms with van der Waals surface area (Å²) in [6.45, 7) is 7.65. The van der Waals surface area contributed by atoms with Gasteiger partial charge in [0.1, 0.15) is 6.07 Å². The topological polar surface area (TPSA) is 81.3 Å². The minimum absolute atomic E-state index is 0.0418. The van der Waals surface area contributed by atoms with Gasteiger partial charge in [-0.3, -0.25) is 0 Å². The molecular formula is C29H26N2O4. The molecule has 0 N–H and O–H groups in total. The molecule has 2 aliphatic carbocycles. The Bertz CT molecular complexity index is 1470. The first-order valence-electron chi connectivity index (χ1n) is 11.5. The highest BCUT2D eigenvalue weighted by atomic mass is 16.5. The van der Waals surface area contributed by atoms with Crippen molar-refractivity contribution in [3.05, 3.63) is 83.2 Å². The zero-order valence-electron chi connectivity index (χ0n) is 20.2. The monoisotopic (exact) mass is 466 g/mol. The highest BCUT2D eigenvalue weighted by Crippen LogP contribution is 2.46. The van der Waals surface area contributed by atoms with Crippen molar-refractivity contribution in [2.45, 2.75) is 27.7 Å². The average Bonchev–Trinajstić information content (AvgIpc) is 3.17. The van der Waals surface area contributed by atoms with Gasteiger partial charge >= 0.3 is 11.9 Å². The van der Waals surface area contributed by atoms with Crippen molar-refractivity contribution < 1.29 is 19.1 Å². The zero-order valence-corrected chi connectivity index (χ0v) is 20.2. The number of aryl methyl sites for hydroxylation is 2. The molecule has 6 heteroatoms. The SMILES string of the molecule is CCOC(=O)/C=C(\C(=O)OCC)c1c2c(C#N)c3cccccc-3c2c(C)n1-c1ccc(C)cc1. The van der Waals surface area contributed by atoms with E-state index in [1.165, 1.54) is 6.08 Å². The Morgan fingerprint density at radius 1 is 0.914 bits per heavy atom. The number of nitrogens with zero attached hydrogens (tertiary/aromatic N) is 2. The van der Waals surface area contributed by atoms with Crippen LogP contribution in [0.25, 0.3) is 33.2 Å². The third kappa shape index (κ3) is 4.17. The maximum Gasteiger partial charge on any atom is 0.340 e. The largest absolute Gasteiger partial charge is 0.463 e. The van der Waals surface area contributed by atoms with Crippen LogP contribution in [0, 0.1) is 25.2 Å². The maximum absolute atomic E-state index is 13.2. The van der Waals surface area contributed by atoms with E-state index < -0.39 is 11.9 Å². The summed E-state index contributed by atoms with van der Waals surface area (Å²) in [5.41, 5.74) is 5.32. The lowest BCUT2D eigenvalue weighted by atomic mass is 10.1. The lowest BCUT2D eigenvalue weighted by Gasteiger charge is -2.15. The van der Waals surface area contributed by atoms with Crippen LogP contribution in [0.5, 0.6) is 0 Å². The fourth-order valence-corrected chi connectivity index (χ4v) is 4.50. The molecule has 0 aliphatic heterocycles. The summed E-state index contributed by atoms with van der Waals surface area (Å²) in [6.07, 6.45) is 1.17. The molecular weight excluding hydrogens is 440 g/mol. The Labute approximate surface area is 204 Å². The molecule has 176 valence electrons. The van der Waals surface area contributed by atoms with Crippen LogP contribution in [0.3, 0.4) is 0 Å². The molecule has 0 amide bonds. The van der Waals surface area contributed by atoms with Crippen LogP contribution in [0.2, 0.25) is 0 Å². The van der Waals surface area contributed by atoms with Crippen LogP contribution in [0.4, 0.5) is 0 Å². The fraction of sp³-hybridized carbons (Fsp3) is 0.207. The molecule has 1 aromatic heterocycles. The van der Waals surface area contributed by atoms with E-state index in [1.54, 1.807) is 13.8 Å². The second-order valence-corrected chi connectivity index (χ2v) is 8.11. The Hall–Kier alpha value is -4.37. The van der Waals surface area contributed by atoms with E-state index in [4.69, 9.17) is 9.47 Å². The van der Waals surface area contributed by atoms with Crippen LogP contribution in [-0.4, -0.2) is 29.7 Å². The average molecular weight is 467 g/mol. The van der Waals surface area contributed by atoms with Gasteiger partial charge in [0.25, 0.3) is 0 Å². The van der Waals surface area contributed by atoms with Gasteiger partial charge in [0, 0.05) is 33.8 Å². The van der Waals surface area contributed by atoms with Gasteiger partial charge in [-0.05, 0) is 45.4 Å². The predicted octanol–water partition coefficient (Wildman–Crippen LogP) is 5.73. The summed E-state index contributed by atoms with van der Waals surface area (Å²) in [6, 6.07) is 19.8. The van der Waals surface area contributed by atoms with Crippen molar-refractivity contribution >= 4 is 28.3 Å². The number of fused-ring (bicyclic) bond motifs is 3. The van der Waals surface area contributed by atoms with Gasteiger partial charge in [-0.15, -0.1) is 0 Å². The van der Waals surface area contributed by atoms with Gasteiger partial charge < -0.3 is 14.0 Å². The Kier molecular flexibility index (Phi) is 6.70. The van der Waals surface area contributed by atoms with Gasteiger partial charge in [0.2, 0.25) is 0 Å². The molecule has 1 heterocycles. The number of carbonyl (C=O) groups excluding carboxylic acids is 2. The standard InChI is InChI=1S/C29H26N2O4/c1-5-34-25(32)16-23(29(33)35-6-2)28-27-24(17-30)21-10-8-7-9-11-22(21)26(27)19(4)31(28)20-14-12-18(3)13-15-20/h7-16H,5-6H2,1-4H3/b23-16-. The summed E-state index contributed by atoms with van der Waals surface area (Å²) < 4.78 is 12.4. The molecule has 6 nitrogen and oxygen atoms in total. The van der Waals surface area contributed by atoms with Crippen LogP contribution in [0.1, 0.15) is 36.4 Å². The second-order valence-electron chi connectivity index (χ2n) is 8.11. The molecule has 0 atom stereocenters. The van der Waals surface area contributed by atoms with Crippen molar-refractivity contribution in [1.82, 2.24) is 4.57 Å². The molecule has 0 saturated heterocycles. The van der Waals surface area contributed by atoms with Crippen LogP contribution >= 0.6 is 0 Å². The highest BCUT2D eigenvalue weighted by molar-refractivity contribution is 6.26. The van der Waals surface area contributed by atoms with Crippen molar-refractivity contribution in [1.29, 1.82) is 5.26 Å². The third-order valence-corrected chi connectivity index (χ3v) is 5.94. The number of hydrogen-bond donors (Lipinski definition) is 0. The Morgan fingerprint density at radius 2 is 1.57 bits per heavy atom. The normalized spacial score (nSPS) is 11.5. The Morgan fingerprint density at radius 3 is 2.20 bits per heavy atom. The smallest absolute Gasteiger partial charge is 0.340 e. The van der Waals surface area contributed by atoms with Crippen molar-refractivity contribution in [3.8, 4) is 22.9 Å². The van der Waals surface area contributed by atoms with Gasteiger partial charge in [0.15, 0.2) is 0 Å². The predicted molar refractivity (Wildman–Crippen MR) is 135 cm³/mol. The first-order chi connectivity index (χ1) is 16.9. The minimum atomic E-state index is -0.659. The summed E-state index contributed by atoms with van der Waals surface area (Å²) in [4.78, 5) is 25.8. The molecule has 0 radical (unpaired) electrons. The van der Waals surface area contributed by atoms with E-state index in [1.807, 2.05) is 73.0 Å². The number of aromatic nitrogens is 1. The zero-order chi connectivity index (χ0) is 25.1. The highest BCUT2D eigenvalue weighted by Gasteiger charge is 2.31. The molecule has 0 spiro atoms. The van der Waals surface area contributed by atoms with Crippen molar-refractivity contribution in [2.24, 2.45) is 0 Å². The lowest BCUT2D eigenvalue weighted by Crippen LogP contribution is -2.14. The van der Waals surface area contributed by atoms with Gasteiger partial charge in [-0.25, -0.2) is 9.59 Å². The van der Waals surface area contributed by atoms with E-state index in [0.29, 0.717) is 16.6 Å². The number of esters is 2. The fourth-order valence-electron chi connectivity index (χ4n) is 4.50. The number of hydrogen-bond acceptors (Lipinski definition) is 5. The van der Waals surface area contributed by atoms with E-state index in [9.17, 15) is 14.9 Å². The number of ether oxygens (including phenoxy) is 2. The van der Waals surface area contributed by atoms with Crippen molar-refractivity contribution in [2.75, 3.05) is 13.2 Å². The summed E-state index contributed by atoms with van der Waals surface area (Å²) in [5.74, 6) is -1.31. The van der Waals surface area contributed by atoms with Crippen LogP contribution in [-0.2, 0) is 19.1 Å². The van der Waals surface area contributed by atoms with E-state index in [-0.39, 0.29) is 18.8 Å². The van der Waals surface area contributed by atoms with E-state index in [0.717, 1.165) is 33.5 Å². The Balaban J connectivity index is 2.21. The van der Waals surface area contributed by atoms with Crippen molar-refractivity contribution in [3.63, 3.8) is 0 Å². The quantitative estimate of drug-likeness (QED) is 0.268. The van der Waals surface area contributed by atoms with Gasteiger partial charge in [-0.1, -0.05) is 48.0 Å². The number of carbonyl (C=O) groups is 2. The van der Waals surface area contributed by atoms with Gasteiger partial charge in [-0.2, -0.15) is 5.26 Å². The molecule has 4 rings (SSSR count). The molecule has 0 saturated carbocycles. The number of rotatable bonds is 6. The molecule has 1 aromatic carbocycles. The second kappa shape index (κ2) is 9.86. The molecule has 0 fully saturated rings. The van der Waals surface area contributed by atoms with E-state index >= 15 is 0 Å². The van der Waals surface area contributed by atoms with Gasteiger partial charge in [0.05, 0.1) is 30.0 Å². The first kappa shape index (κ1) is 23.8. The molecule has 35 heavy (non-hydrogen) atoms. The third-order valence-electron chi connectivity index (χ3n) is 5.94. The van der Waals surface area contributed by atoms with E-state index in [2.05, 4.69) is 6.07 Å². The van der Waals surface area contributed by atoms with Crippen LogP contribution < -0.4 is 0 Å². The molecule has 2 aromatic rings. The lowest BCUT2D eigenvalue weighted by molar-refractivity contribution is -0.139. The molecule has 0 unspecified atom stereocenters. The molecule has 2 aliphatic rings. The summed E-state index contributed by atoms with van der Waals surface area (Å²) >= 11 is 0. The summed E-state index contributed by atoms with van der Waals surface area (Å²) in [7, 11) is 0.